The fourth-order valence-corrected chi connectivity index (χ4v) is 2.47. The first-order valence-electron chi connectivity index (χ1n) is 7.63. The van der Waals surface area contributed by atoms with Gasteiger partial charge < -0.3 is 10.2 Å². The first kappa shape index (κ1) is 14.1. The molecule has 0 amide bonds. The molecule has 21 heavy (non-hydrogen) atoms. The standard InChI is InChI=1S/C18H23N3/c1-13-4-8-17(9-5-13)21(3)18-10-14(2)19-11-15(18)12-20-16-6-7-16/h4-5,8-11,16,20H,6-7,12H2,1-3H3. The number of rotatable bonds is 5. The highest BCUT2D eigenvalue weighted by Crippen LogP contribution is 2.28. The van der Waals surface area contributed by atoms with Gasteiger partial charge in [-0.3, -0.25) is 4.98 Å². The molecule has 2 aromatic rings. The minimum absolute atomic E-state index is 0.712. The van der Waals surface area contributed by atoms with Crippen molar-refractivity contribution in [2.24, 2.45) is 0 Å². The van der Waals surface area contributed by atoms with Crippen molar-refractivity contribution in [3.63, 3.8) is 0 Å². The summed E-state index contributed by atoms with van der Waals surface area (Å²) in [5.74, 6) is 0. The summed E-state index contributed by atoms with van der Waals surface area (Å²) in [6.07, 6.45) is 4.62. The lowest BCUT2D eigenvalue weighted by Gasteiger charge is -2.23. The molecular weight excluding hydrogens is 258 g/mol. The first-order valence-corrected chi connectivity index (χ1v) is 7.63. The minimum Gasteiger partial charge on any atom is -0.344 e. The lowest BCUT2D eigenvalue weighted by Crippen LogP contribution is -2.19. The SMILES string of the molecule is Cc1ccc(N(C)c2cc(C)ncc2CNC2CC2)cc1. The molecule has 1 fully saturated rings. The Bertz CT molecular complexity index is 615. The highest BCUT2D eigenvalue weighted by atomic mass is 15.1. The Morgan fingerprint density at radius 2 is 1.90 bits per heavy atom. The second-order valence-corrected chi connectivity index (χ2v) is 6.00. The molecule has 1 aliphatic rings. The van der Waals surface area contributed by atoms with Gasteiger partial charge in [-0.1, -0.05) is 17.7 Å². The summed E-state index contributed by atoms with van der Waals surface area (Å²) in [5, 5.41) is 3.58. The van der Waals surface area contributed by atoms with Crippen molar-refractivity contribution >= 4 is 11.4 Å². The van der Waals surface area contributed by atoms with Crippen LogP contribution in [-0.4, -0.2) is 18.1 Å². The van der Waals surface area contributed by atoms with Crippen LogP contribution in [0.15, 0.2) is 36.5 Å². The van der Waals surface area contributed by atoms with Gasteiger partial charge in [-0.05, 0) is 44.9 Å². The molecule has 1 aliphatic carbocycles. The van der Waals surface area contributed by atoms with E-state index >= 15 is 0 Å². The number of hydrogen-bond donors (Lipinski definition) is 1. The van der Waals surface area contributed by atoms with Gasteiger partial charge >= 0.3 is 0 Å². The lowest BCUT2D eigenvalue weighted by molar-refractivity contribution is 0.685. The Labute approximate surface area is 127 Å². The molecule has 1 N–H and O–H groups in total. The third-order valence-electron chi connectivity index (χ3n) is 4.04. The normalized spacial score (nSPS) is 14.2. The monoisotopic (exact) mass is 281 g/mol. The molecule has 0 unspecified atom stereocenters. The molecule has 1 saturated carbocycles. The number of hydrogen-bond acceptors (Lipinski definition) is 3. The van der Waals surface area contributed by atoms with Gasteiger partial charge in [0, 0.05) is 48.5 Å². The lowest BCUT2D eigenvalue weighted by atomic mass is 10.1. The number of nitrogens with one attached hydrogen (secondary N) is 1. The van der Waals surface area contributed by atoms with Gasteiger partial charge in [0.15, 0.2) is 0 Å². The number of nitrogens with zero attached hydrogens (tertiary/aromatic N) is 2. The van der Waals surface area contributed by atoms with Gasteiger partial charge in [-0.2, -0.15) is 0 Å². The predicted molar refractivity (Wildman–Crippen MR) is 88.1 cm³/mol. The maximum atomic E-state index is 4.46. The quantitative estimate of drug-likeness (QED) is 0.905. The van der Waals surface area contributed by atoms with Crippen LogP contribution in [0, 0.1) is 13.8 Å². The van der Waals surface area contributed by atoms with Crippen molar-refractivity contribution in [2.45, 2.75) is 39.3 Å². The molecule has 1 aromatic heterocycles. The molecule has 3 nitrogen and oxygen atoms in total. The van der Waals surface area contributed by atoms with E-state index in [1.165, 1.54) is 35.3 Å². The Balaban J connectivity index is 1.87. The van der Waals surface area contributed by atoms with Crippen molar-refractivity contribution in [1.82, 2.24) is 10.3 Å². The van der Waals surface area contributed by atoms with Crippen molar-refractivity contribution < 1.29 is 0 Å². The molecular formula is C18H23N3. The van der Waals surface area contributed by atoms with E-state index < -0.39 is 0 Å². The van der Waals surface area contributed by atoms with Crippen molar-refractivity contribution in [1.29, 1.82) is 0 Å². The topological polar surface area (TPSA) is 28.2 Å². The van der Waals surface area contributed by atoms with Crippen LogP contribution in [0.5, 0.6) is 0 Å². The van der Waals surface area contributed by atoms with Gasteiger partial charge in [-0.25, -0.2) is 0 Å². The molecule has 0 aliphatic heterocycles. The molecule has 1 heterocycles. The molecule has 1 aromatic carbocycles. The Hall–Kier alpha value is -1.87. The fraction of sp³-hybridized carbons (Fsp3) is 0.389. The van der Waals surface area contributed by atoms with E-state index in [2.05, 4.69) is 59.5 Å². The van der Waals surface area contributed by atoms with Crippen LogP contribution in [0.1, 0.15) is 29.7 Å². The zero-order chi connectivity index (χ0) is 14.8. The molecule has 0 spiro atoms. The predicted octanol–water partition coefficient (Wildman–Crippen LogP) is 3.72. The summed E-state index contributed by atoms with van der Waals surface area (Å²) in [6.45, 7) is 5.05. The third kappa shape index (κ3) is 3.42. The average molecular weight is 281 g/mol. The van der Waals surface area contributed by atoms with Crippen molar-refractivity contribution in [3.05, 3.63) is 53.3 Å². The van der Waals surface area contributed by atoms with E-state index in [0.717, 1.165) is 12.2 Å². The second kappa shape index (κ2) is 5.86. The van der Waals surface area contributed by atoms with Gasteiger partial charge in [0.05, 0.1) is 0 Å². The van der Waals surface area contributed by atoms with Gasteiger partial charge in [-0.15, -0.1) is 0 Å². The van der Waals surface area contributed by atoms with Gasteiger partial charge in [0.2, 0.25) is 0 Å². The van der Waals surface area contributed by atoms with Crippen LogP contribution in [-0.2, 0) is 6.54 Å². The van der Waals surface area contributed by atoms with Crippen molar-refractivity contribution in [2.75, 3.05) is 11.9 Å². The minimum atomic E-state index is 0.712. The summed E-state index contributed by atoms with van der Waals surface area (Å²) in [5.41, 5.74) is 6.04. The van der Waals surface area contributed by atoms with E-state index in [4.69, 9.17) is 0 Å². The number of benzene rings is 1. The van der Waals surface area contributed by atoms with Crippen LogP contribution in [0.3, 0.4) is 0 Å². The largest absolute Gasteiger partial charge is 0.344 e. The zero-order valence-electron chi connectivity index (χ0n) is 13.1. The summed E-state index contributed by atoms with van der Waals surface area (Å²) in [4.78, 5) is 6.71. The fourth-order valence-electron chi connectivity index (χ4n) is 2.47. The van der Waals surface area contributed by atoms with Crippen LogP contribution in [0.25, 0.3) is 0 Å². The van der Waals surface area contributed by atoms with Crippen LogP contribution >= 0.6 is 0 Å². The molecule has 3 heteroatoms. The number of pyridine rings is 1. The van der Waals surface area contributed by atoms with Gasteiger partial charge in [0.1, 0.15) is 0 Å². The molecule has 0 saturated heterocycles. The Morgan fingerprint density at radius 1 is 1.19 bits per heavy atom. The average Bonchev–Trinajstić information content (AvgIpc) is 3.30. The number of aromatic nitrogens is 1. The molecule has 110 valence electrons. The number of aryl methyl sites for hydroxylation is 2. The first-order chi connectivity index (χ1) is 10.1. The summed E-state index contributed by atoms with van der Waals surface area (Å²) < 4.78 is 0. The summed E-state index contributed by atoms with van der Waals surface area (Å²) in [6, 6.07) is 11.5. The van der Waals surface area contributed by atoms with E-state index in [9.17, 15) is 0 Å². The van der Waals surface area contributed by atoms with Crippen LogP contribution < -0.4 is 10.2 Å². The summed E-state index contributed by atoms with van der Waals surface area (Å²) >= 11 is 0. The van der Waals surface area contributed by atoms with Crippen LogP contribution in [0.4, 0.5) is 11.4 Å². The number of anilines is 2. The van der Waals surface area contributed by atoms with E-state index in [1.807, 2.05) is 13.1 Å². The Morgan fingerprint density at radius 3 is 2.57 bits per heavy atom. The molecule has 0 radical (unpaired) electrons. The summed E-state index contributed by atoms with van der Waals surface area (Å²) in [7, 11) is 2.13. The smallest absolute Gasteiger partial charge is 0.0487 e. The van der Waals surface area contributed by atoms with Crippen LogP contribution in [0.2, 0.25) is 0 Å². The highest BCUT2D eigenvalue weighted by molar-refractivity contribution is 5.66. The Kier molecular flexibility index (Phi) is 3.93. The maximum Gasteiger partial charge on any atom is 0.0487 e. The van der Waals surface area contributed by atoms with E-state index in [0.29, 0.717) is 6.04 Å². The third-order valence-corrected chi connectivity index (χ3v) is 4.04. The van der Waals surface area contributed by atoms with E-state index in [-0.39, 0.29) is 0 Å². The molecule has 0 bridgehead atoms. The molecule has 0 atom stereocenters. The zero-order valence-corrected chi connectivity index (χ0v) is 13.1. The van der Waals surface area contributed by atoms with Gasteiger partial charge in [0.25, 0.3) is 0 Å². The van der Waals surface area contributed by atoms with E-state index in [1.54, 1.807) is 0 Å². The maximum absolute atomic E-state index is 4.46. The molecule has 3 rings (SSSR count). The van der Waals surface area contributed by atoms with Crippen molar-refractivity contribution in [3.8, 4) is 0 Å². The highest BCUT2D eigenvalue weighted by Gasteiger charge is 2.21. The second-order valence-electron chi connectivity index (χ2n) is 6.00.